The van der Waals surface area contributed by atoms with Gasteiger partial charge in [-0.2, -0.15) is 0 Å². The van der Waals surface area contributed by atoms with E-state index >= 15 is 0 Å². The standard InChI is InChI=1S/C24H21BrN4O/c1-15-8-13-20(17(3)14-15)26-24(30)22-27-23(18-9-11-19(25)12-10-18)29(28-22)21-7-5-4-6-16(21)2/h4-14H,1-3H3,(H,26,30). The normalized spacial score (nSPS) is 10.8. The lowest BCUT2D eigenvalue weighted by atomic mass is 10.1. The highest BCUT2D eigenvalue weighted by Gasteiger charge is 2.20. The Bertz CT molecular complexity index is 1230. The van der Waals surface area contributed by atoms with Crippen LogP contribution in [-0.2, 0) is 0 Å². The maximum atomic E-state index is 13.0. The Morgan fingerprint density at radius 1 is 0.933 bits per heavy atom. The van der Waals surface area contributed by atoms with Crippen LogP contribution in [0.4, 0.5) is 5.69 Å². The minimum atomic E-state index is -0.340. The van der Waals surface area contributed by atoms with Crippen molar-refractivity contribution in [3.8, 4) is 17.1 Å². The molecule has 0 unspecified atom stereocenters. The quantitative estimate of drug-likeness (QED) is 0.413. The summed E-state index contributed by atoms with van der Waals surface area (Å²) in [7, 11) is 0. The molecule has 1 N–H and O–H groups in total. The van der Waals surface area contributed by atoms with Gasteiger partial charge in [0, 0.05) is 15.7 Å². The summed E-state index contributed by atoms with van der Waals surface area (Å²) < 4.78 is 2.70. The Morgan fingerprint density at radius 2 is 1.67 bits per heavy atom. The summed E-state index contributed by atoms with van der Waals surface area (Å²) in [4.78, 5) is 17.6. The van der Waals surface area contributed by atoms with Gasteiger partial charge in [0.25, 0.3) is 5.91 Å². The molecule has 3 aromatic carbocycles. The third-order valence-electron chi connectivity index (χ3n) is 4.89. The highest BCUT2D eigenvalue weighted by molar-refractivity contribution is 9.10. The average molecular weight is 461 g/mol. The summed E-state index contributed by atoms with van der Waals surface area (Å²) >= 11 is 3.46. The highest BCUT2D eigenvalue weighted by Crippen LogP contribution is 2.25. The second kappa shape index (κ2) is 8.24. The zero-order valence-corrected chi connectivity index (χ0v) is 18.6. The van der Waals surface area contributed by atoms with Crippen LogP contribution in [0, 0.1) is 20.8 Å². The molecule has 1 aromatic heterocycles. The van der Waals surface area contributed by atoms with Crippen molar-refractivity contribution in [3.63, 3.8) is 0 Å². The van der Waals surface area contributed by atoms with Crippen LogP contribution in [-0.4, -0.2) is 20.7 Å². The Labute approximate surface area is 183 Å². The fourth-order valence-corrected chi connectivity index (χ4v) is 3.56. The van der Waals surface area contributed by atoms with Gasteiger partial charge in [0.2, 0.25) is 5.82 Å². The van der Waals surface area contributed by atoms with E-state index in [1.165, 1.54) is 0 Å². The fourth-order valence-electron chi connectivity index (χ4n) is 3.30. The lowest BCUT2D eigenvalue weighted by Gasteiger charge is -2.09. The van der Waals surface area contributed by atoms with Crippen molar-refractivity contribution in [2.24, 2.45) is 0 Å². The monoisotopic (exact) mass is 460 g/mol. The topological polar surface area (TPSA) is 59.8 Å². The average Bonchev–Trinajstić information content (AvgIpc) is 3.16. The van der Waals surface area contributed by atoms with E-state index in [1.807, 2.05) is 87.5 Å². The summed E-state index contributed by atoms with van der Waals surface area (Å²) in [5.74, 6) is 0.395. The molecule has 1 heterocycles. The molecule has 4 rings (SSSR count). The van der Waals surface area contributed by atoms with Crippen LogP contribution in [0.2, 0.25) is 0 Å². The van der Waals surface area contributed by atoms with Gasteiger partial charge in [0.1, 0.15) is 0 Å². The minimum absolute atomic E-state index is 0.121. The lowest BCUT2D eigenvalue weighted by Crippen LogP contribution is -2.15. The van der Waals surface area contributed by atoms with Gasteiger partial charge in [-0.25, -0.2) is 9.67 Å². The minimum Gasteiger partial charge on any atom is -0.319 e. The number of rotatable bonds is 4. The number of carbonyl (C=O) groups excluding carboxylic acids is 1. The largest absolute Gasteiger partial charge is 0.319 e. The summed E-state index contributed by atoms with van der Waals surface area (Å²) in [6.07, 6.45) is 0. The highest BCUT2D eigenvalue weighted by atomic mass is 79.9. The van der Waals surface area contributed by atoms with Gasteiger partial charge in [-0.3, -0.25) is 4.79 Å². The summed E-state index contributed by atoms with van der Waals surface area (Å²) in [5.41, 5.74) is 5.69. The molecule has 0 radical (unpaired) electrons. The van der Waals surface area contributed by atoms with E-state index in [1.54, 1.807) is 4.68 Å². The third kappa shape index (κ3) is 4.04. The van der Waals surface area contributed by atoms with E-state index in [2.05, 4.69) is 31.3 Å². The Morgan fingerprint density at radius 3 is 2.37 bits per heavy atom. The molecule has 1 amide bonds. The van der Waals surface area contributed by atoms with E-state index in [-0.39, 0.29) is 11.7 Å². The zero-order valence-electron chi connectivity index (χ0n) is 17.0. The number of nitrogens with zero attached hydrogens (tertiary/aromatic N) is 3. The molecular formula is C24H21BrN4O. The van der Waals surface area contributed by atoms with Crippen molar-refractivity contribution >= 4 is 27.5 Å². The smallest absolute Gasteiger partial charge is 0.295 e. The van der Waals surface area contributed by atoms with E-state index in [0.29, 0.717) is 5.82 Å². The fraction of sp³-hybridized carbons (Fsp3) is 0.125. The number of benzene rings is 3. The van der Waals surface area contributed by atoms with Crippen molar-refractivity contribution in [3.05, 3.63) is 93.7 Å². The molecule has 6 heteroatoms. The molecule has 5 nitrogen and oxygen atoms in total. The maximum absolute atomic E-state index is 13.0. The number of hydrogen-bond donors (Lipinski definition) is 1. The van der Waals surface area contributed by atoms with Gasteiger partial charge in [0.15, 0.2) is 5.82 Å². The molecule has 0 spiro atoms. The molecule has 0 saturated carbocycles. The van der Waals surface area contributed by atoms with Crippen molar-refractivity contribution < 1.29 is 4.79 Å². The van der Waals surface area contributed by atoms with Crippen LogP contribution >= 0.6 is 15.9 Å². The van der Waals surface area contributed by atoms with Crippen LogP contribution in [0.15, 0.2) is 71.2 Å². The molecule has 0 bridgehead atoms. The predicted octanol–water partition coefficient (Wildman–Crippen LogP) is 5.87. The van der Waals surface area contributed by atoms with Crippen LogP contribution in [0.3, 0.4) is 0 Å². The zero-order chi connectivity index (χ0) is 21.3. The molecule has 0 aliphatic heterocycles. The van der Waals surface area contributed by atoms with Crippen molar-refractivity contribution in [2.75, 3.05) is 5.32 Å². The summed E-state index contributed by atoms with van der Waals surface area (Å²) in [5, 5.41) is 7.50. The second-order valence-corrected chi connectivity index (χ2v) is 8.15. The Balaban J connectivity index is 1.77. The molecule has 30 heavy (non-hydrogen) atoms. The van der Waals surface area contributed by atoms with Crippen LogP contribution in [0.5, 0.6) is 0 Å². The summed E-state index contributed by atoms with van der Waals surface area (Å²) in [6.45, 7) is 6.00. The van der Waals surface area contributed by atoms with Gasteiger partial charge in [-0.15, -0.1) is 5.10 Å². The number of para-hydroxylation sites is 1. The number of aromatic nitrogens is 3. The molecule has 0 saturated heterocycles. The third-order valence-corrected chi connectivity index (χ3v) is 5.42. The van der Waals surface area contributed by atoms with E-state index in [0.717, 1.165) is 38.1 Å². The SMILES string of the molecule is Cc1ccc(NC(=O)c2nc(-c3ccc(Br)cc3)n(-c3ccccc3C)n2)c(C)c1. The number of amides is 1. The number of halogens is 1. The molecular weight excluding hydrogens is 440 g/mol. The first-order chi connectivity index (χ1) is 14.4. The molecule has 0 atom stereocenters. The molecule has 0 aliphatic rings. The first kappa shape index (κ1) is 20.0. The molecule has 0 fully saturated rings. The van der Waals surface area contributed by atoms with Gasteiger partial charge >= 0.3 is 0 Å². The molecule has 150 valence electrons. The van der Waals surface area contributed by atoms with Gasteiger partial charge in [-0.1, -0.05) is 64.0 Å². The number of carbonyl (C=O) groups is 1. The first-order valence-corrected chi connectivity index (χ1v) is 10.4. The van der Waals surface area contributed by atoms with Gasteiger partial charge in [0.05, 0.1) is 5.69 Å². The van der Waals surface area contributed by atoms with Crippen LogP contribution in [0.1, 0.15) is 27.3 Å². The maximum Gasteiger partial charge on any atom is 0.295 e. The number of anilines is 1. The number of nitrogens with one attached hydrogen (secondary N) is 1. The Kier molecular flexibility index (Phi) is 5.50. The number of aryl methyl sites for hydroxylation is 3. The van der Waals surface area contributed by atoms with Crippen LogP contribution < -0.4 is 5.32 Å². The summed E-state index contributed by atoms with van der Waals surface area (Å²) in [6, 6.07) is 21.6. The Hall–Kier alpha value is -3.25. The van der Waals surface area contributed by atoms with E-state index < -0.39 is 0 Å². The van der Waals surface area contributed by atoms with E-state index in [4.69, 9.17) is 0 Å². The van der Waals surface area contributed by atoms with Crippen LogP contribution in [0.25, 0.3) is 17.1 Å². The second-order valence-electron chi connectivity index (χ2n) is 7.24. The van der Waals surface area contributed by atoms with Gasteiger partial charge in [-0.05, 0) is 56.2 Å². The van der Waals surface area contributed by atoms with Crippen molar-refractivity contribution in [2.45, 2.75) is 20.8 Å². The first-order valence-electron chi connectivity index (χ1n) is 9.60. The molecule has 4 aromatic rings. The van der Waals surface area contributed by atoms with E-state index in [9.17, 15) is 4.79 Å². The van der Waals surface area contributed by atoms with Gasteiger partial charge < -0.3 is 5.32 Å². The lowest BCUT2D eigenvalue weighted by molar-refractivity contribution is 0.101. The molecule has 0 aliphatic carbocycles. The van der Waals surface area contributed by atoms with Crippen molar-refractivity contribution in [1.29, 1.82) is 0 Å². The predicted molar refractivity (Wildman–Crippen MR) is 123 cm³/mol. The van der Waals surface area contributed by atoms with Crippen molar-refractivity contribution in [1.82, 2.24) is 14.8 Å². The number of hydrogen-bond acceptors (Lipinski definition) is 3.